The summed E-state index contributed by atoms with van der Waals surface area (Å²) in [6, 6.07) is 0. The van der Waals surface area contributed by atoms with Crippen LogP contribution in [0.25, 0.3) is 10.4 Å². The van der Waals surface area contributed by atoms with Crippen LogP contribution in [-0.2, 0) is 9.47 Å². The summed E-state index contributed by atoms with van der Waals surface area (Å²) >= 11 is 0. The minimum absolute atomic E-state index is 0.182. The molecule has 3 atom stereocenters. The fourth-order valence-electron chi connectivity index (χ4n) is 2.31. The Kier molecular flexibility index (Phi) is 4.14. The second-order valence-electron chi connectivity index (χ2n) is 4.70. The van der Waals surface area contributed by atoms with Gasteiger partial charge < -0.3 is 14.6 Å². The van der Waals surface area contributed by atoms with Crippen LogP contribution in [-0.4, -0.2) is 40.2 Å². The molecule has 114 valence electrons. The summed E-state index contributed by atoms with van der Waals surface area (Å²) in [5.74, 6) is 0. The first-order valence-corrected chi connectivity index (χ1v) is 6.17. The highest BCUT2D eigenvalue weighted by molar-refractivity contribution is 5.03. The second kappa shape index (κ2) is 5.70. The molecule has 0 saturated carbocycles. The van der Waals surface area contributed by atoms with E-state index in [9.17, 15) is 14.7 Å². The number of hydrogen-bond donors (Lipinski definition) is 2. The highest BCUT2D eigenvalue weighted by Crippen LogP contribution is 2.38. The predicted octanol–water partition coefficient (Wildman–Crippen LogP) is -0.222. The van der Waals surface area contributed by atoms with Crippen LogP contribution in [0.5, 0.6) is 0 Å². The number of aryl methyl sites for hydroxylation is 1. The van der Waals surface area contributed by atoms with E-state index in [0.29, 0.717) is 5.56 Å². The summed E-state index contributed by atoms with van der Waals surface area (Å²) in [7, 11) is 1.38. The van der Waals surface area contributed by atoms with Crippen LogP contribution in [0.3, 0.4) is 0 Å². The lowest BCUT2D eigenvalue weighted by molar-refractivity contribution is -0.130. The quantitative estimate of drug-likeness (QED) is 0.448. The van der Waals surface area contributed by atoms with Crippen LogP contribution in [0.1, 0.15) is 18.2 Å². The van der Waals surface area contributed by atoms with Gasteiger partial charge in [0.25, 0.3) is 5.56 Å². The van der Waals surface area contributed by atoms with Gasteiger partial charge in [0.05, 0.1) is 12.7 Å². The van der Waals surface area contributed by atoms with Gasteiger partial charge in [0.1, 0.15) is 6.23 Å². The molecule has 1 aromatic heterocycles. The number of rotatable bonds is 4. The van der Waals surface area contributed by atoms with Crippen molar-refractivity contribution in [3.05, 3.63) is 43.0 Å². The minimum Gasteiger partial charge on any atom is -0.393 e. The van der Waals surface area contributed by atoms with Crippen molar-refractivity contribution in [2.45, 2.75) is 31.4 Å². The van der Waals surface area contributed by atoms with Gasteiger partial charge in [0.2, 0.25) is 0 Å². The molecule has 1 aliphatic heterocycles. The first-order chi connectivity index (χ1) is 9.97. The van der Waals surface area contributed by atoms with Crippen LogP contribution in [0.2, 0.25) is 0 Å². The van der Waals surface area contributed by atoms with Crippen molar-refractivity contribution >= 4 is 0 Å². The van der Waals surface area contributed by atoms with Gasteiger partial charge in [-0.25, -0.2) is 4.79 Å². The van der Waals surface area contributed by atoms with Gasteiger partial charge in [-0.1, -0.05) is 5.11 Å². The first-order valence-electron chi connectivity index (χ1n) is 6.17. The smallest absolute Gasteiger partial charge is 0.330 e. The highest BCUT2D eigenvalue weighted by Gasteiger charge is 2.49. The standard InChI is InChI=1S/C11H15N5O5/c1-6-4-16(10(19)13-9(6)18)8-3-7(20-2)11(5-17,21-8)14-15-12/h4,7-8,17H,3,5H2,1-2H3,(H,13,18,19)/t7-,8+,11+/m0/s1. The van der Waals surface area contributed by atoms with E-state index in [1.807, 2.05) is 0 Å². The van der Waals surface area contributed by atoms with Crippen molar-refractivity contribution in [2.24, 2.45) is 5.11 Å². The Morgan fingerprint density at radius 1 is 1.71 bits per heavy atom. The molecule has 0 amide bonds. The Balaban J connectivity index is 2.45. The molecule has 2 heterocycles. The van der Waals surface area contributed by atoms with E-state index in [-0.39, 0.29) is 6.42 Å². The summed E-state index contributed by atoms with van der Waals surface area (Å²) < 4.78 is 11.9. The Morgan fingerprint density at radius 3 is 3.00 bits per heavy atom. The number of aromatic nitrogens is 2. The van der Waals surface area contributed by atoms with Crippen LogP contribution in [0.15, 0.2) is 20.9 Å². The maximum atomic E-state index is 11.9. The molecule has 0 spiro atoms. The number of aliphatic hydroxyl groups is 1. The molecule has 1 saturated heterocycles. The van der Waals surface area contributed by atoms with Crippen LogP contribution in [0.4, 0.5) is 0 Å². The fourth-order valence-corrected chi connectivity index (χ4v) is 2.31. The summed E-state index contributed by atoms with van der Waals surface area (Å²) in [4.78, 5) is 28.0. The number of ether oxygens (including phenoxy) is 2. The van der Waals surface area contributed by atoms with Gasteiger partial charge in [0.15, 0.2) is 5.72 Å². The molecule has 2 rings (SSSR count). The molecular weight excluding hydrogens is 282 g/mol. The first kappa shape index (κ1) is 15.3. The zero-order valence-corrected chi connectivity index (χ0v) is 11.5. The number of aliphatic hydroxyl groups excluding tert-OH is 1. The van der Waals surface area contributed by atoms with Gasteiger partial charge in [-0.3, -0.25) is 14.3 Å². The molecule has 0 unspecified atom stereocenters. The van der Waals surface area contributed by atoms with E-state index in [4.69, 9.17) is 15.0 Å². The fraction of sp³-hybridized carbons (Fsp3) is 0.636. The minimum atomic E-state index is -1.60. The van der Waals surface area contributed by atoms with E-state index in [0.717, 1.165) is 0 Å². The lowest BCUT2D eigenvalue weighted by Gasteiger charge is -2.26. The summed E-state index contributed by atoms with van der Waals surface area (Å²) in [6.45, 7) is 0.952. The normalized spacial score (nSPS) is 28.3. The third kappa shape index (κ3) is 2.57. The Hall–Kier alpha value is -2.13. The molecule has 21 heavy (non-hydrogen) atoms. The maximum absolute atomic E-state index is 11.9. The average molecular weight is 297 g/mol. The van der Waals surface area contributed by atoms with E-state index >= 15 is 0 Å². The molecule has 0 bridgehead atoms. The summed E-state index contributed by atoms with van der Waals surface area (Å²) in [5.41, 5.74) is 6.22. The number of nitrogens with zero attached hydrogens (tertiary/aromatic N) is 4. The number of nitrogens with one attached hydrogen (secondary N) is 1. The number of hydrogen-bond acceptors (Lipinski definition) is 6. The molecule has 10 heteroatoms. The lowest BCUT2D eigenvalue weighted by atomic mass is 10.1. The molecule has 1 fully saturated rings. The van der Waals surface area contributed by atoms with E-state index in [1.165, 1.54) is 17.9 Å². The van der Waals surface area contributed by atoms with E-state index in [2.05, 4.69) is 15.0 Å². The van der Waals surface area contributed by atoms with Crippen molar-refractivity contribution in [3.63, 3.8) is 0 Å². The highest BCUT2D eigenvalue weighted by atomic mass is 16.6. The van der Waals surface area contributed by atoms with Gasteiger partial charge >= 0.3 is 5.69 Å². The molecule has 0 radical (unpaired) electrons. The largest absolute Gasteiger partial charge is 0.393 e. The number of H-pyrrole nitrogens is 1. The Labute approximate surface area is 118 Å². The van der Waals surface area contributed by atoms with E-state index < -0.39 is 35.9 Å². The van der Waals surface area contributed by atoms with Crippen LogP contribution in [0, 0.1) is 6.92 Å². The third-order valence-electron chi connectivity index (χ3n) is 3.44. The molecular formula is C11H15N5O5. The van der Waals surface area contributed by atoms with Crippen molar-refractivity contribution in [3.8, 4) is 0 Å². The second-order valence-corrected chi connectivity index (χ2v) is 4.70. The number of azide groups is 1. The zero-order valence-electron chi connectivity index (χ0n) is 11.5. The van der Waals surface area contributed by atoms with Gasteiger partial charge in [0, 0.05) is 30.2 Å². The SMILES string of the molecule is CO[C@H]1C[C@H](n2cc(C)c(=O)[nH]c2=O)O[C@@]1(CO)N=[N+]=[N-]. The summed E-state index contributed by atoms with van der Waals surface area (Å²) in [6.07, 6.45) is -0.0120. The molecule has 0 aliphatic carbocycles. The molecule has 1 aliphatic rings. The van der Waals surface area contributed by atoms with E-state index in [1.54, 1.807) is 6.92 Å². The Bertz CT molecular complexity index is 691. The van der Waals surface area contributed by atoms with Crippen molar-refractivity contribution in [1.82, 2.24) is 9.55 Å². The third-order valence-corrected chi connectivity index (χ3v) is 3.44. The molecule has 0 aromatic carbocycles. The van der Waals surface area contributed by atoms with Crippen molar-refractivity contribution < 1.29 is 14.6 Å². The topological polar surface area (TPSA) is 142 Å². The van der Waals surface area contributed by atoms with Gasteiger partial charge in [-0.2, -0.15) is 0 Å². The van der Waals surface area contributed by atoms with Crippen molar-refractivity contribution in [1.29, 1.82) is 0 Å². The van der Waals surface area contributed by atoms with Crippen LogP contribution < -0.4 is 11.2 Å². The number of methoxy groups -OCH3 is 1. The van der Waals surface area contributed by atoms with Crippen LogP contribution >= 0.6 is 0 Å². The van der Waals surface area contributed by atoms with Crippen molar-refractivity contribution in [2.75, 3.05) is 13.7 Å². The van der Waals surface area contributed by atoms with Gasteiger partial charge in [-0.15, -0.1) is 0 Å². The molecule has 2 N–H and O–H groups in total. The number of aromatic amines is 1. The molecule has 1 aromatic rings. The molecule has 10 nitrogen and oxygen atoms in total. The average Bonchev–Trinajstić information content (AvgIpc) is 2.82. The monoisotopic (exact) mass is 297 g/mol. The zero-order chi connectivity index (χ0) is 15.6. The lowest BCUT2D eigenvalue weighted by Crippen LogP contribution is -2.42. The summed E-state index contributed by atoms with van der Waals surface area (Å²) in [5, 5.41) is 12.9. The predicted molar refractivity (Wildman–Crippen MR) is 70.6 cm³/mol. The van der Waals surface area contributed by atoms with Gasteiger partial charge in [-0.05, 0) is 12.5 Å². The maximum Gasteiger partial charge on any atom is 0.330 e. The Morgan fingerprint density at radius 2 is 2.43 bits per heavy atom.